The van der Waals surface area contributed by atoms with E-state index in [1.165, 1.54) is 12.1 Å². The number of halogens is 1. The van der Waals surface area contributed by atoms with Crippen LogP contribution in [0.15, 0.2) is 48.5 Å². The van der Waals surface area contributed by atoms with Crippen molar-refractivity contribution >= 4 is 8.07 Å². The fourth-order valence-electron chi connectivity index (χ4n) is 1.88. The molecule has 0 bridgehead atoms. The zero-order valence-electron chi connectivity index (χ0n) is 13.5. The van der Waals surface area contributed by atoms with Crippen molar-refractivity contribution in [2.75, 3.05) is 0 Å². The first-order valence-electron chi connectivity index (χ1n) is 7.42. The first-order chi connectivity index (χ1) is 10.8. The molecule has 1 atom stereocenters. The molecular weight excluding hydrogens is 303 g/mol. The van der Waals surface area contributed by atoms with Crippen LogP contribution in [-0.2, 0) is 0 Å². The fraction of sp³-hybridized carbons (Fsp3) is 0.200. The average Bonchev–Trinajstić information content (AvgIpc) is 2.52. The van der Waals surface area contributed by atoms with E-state index in [0.717, 1.165) is 11.1 Å². The van der Waals surface area contributed by atoms with E-state index < -0.39 is 14.2 Å². The molecule has 3 heteroatoms. The van der Waals surface area contributed by atoms with E-state index in [1.807, 2.05) is 24.3 Å². The second kappa shape index (κ2) is 7.29. The second-order valence-electron chi connectivity index (χ2n) is 6.27. The molecule has 0 amide bonds. The van der Waals surface area contributed by atoms with Gasteiger partial charge in [-0.2, -0.15) is 0 Å². The summed E-state index contributed by atoms with van der Waals surface area (Å²) >= 11 is 0. The van der Waals surface area contributed by atoms with Crippen molar-refractivity contribution in [3.63, 3.8) is 0 Å². The van der Waals surface area contributed by atoms with E-state index in [4.69, 9.17) is 0 Å². The molecule has 0 aliphatic rings. The summed E-state index contributed by atoms with van der Waals surface area (Å²) in [5.41, 5.74) is 5.33. The lowest BCUT2D eigenvalue weighted by atomic mass is 10.0. The molecule has 23 heavy (non-hydrogen) atoms. The highest BCUT2D eigenvalue weighted by Crippen LogP contribution is 2.17. The Labute approximate surface area is 138 Å². The molecule has 1 nitrogen and oxygen atoms in total. The fourth-order valence-corrected chi connectivity index (χ4v) is 2.45. The quantitative estimate of drug-likeness (QED) is 0.618. The van der Waals surface area contributed by atoms with Crippen LogP contribution in [0, 0.1) is 29.1 Å². The highest BCUT2D eigenvalue weighted by molar-refractivity contribution is 6.83. The summed E-state index contributed by atoms with van der Waals surface area (Å²) < 4.78 is 12.9. The monoisotopic (exact) mass is 322 g/mol. The Hall–Kier alpha value is -2.33. The van der Waals surface area contributed by atoms with Gasteiger partial charge in [0.05, 0.1) is 0 Å². The van der Waals surface area contributed by atoms with Gasteiger partial charge in [0.1, 0.15) is 20.0 Å². The first kappa shape index (κ1) is 17.0. The molecule has 2 aromatic carbocycles. The largest absolute Gasteiger partial charge is 0.376 e. The van der Waals surface area contributed by atoms with Crippen molar-refractivity contribution in [3.8, 4) is 23.3 Å². The molecule has 2 aromatic rings. The Balaban J connectivity index is 2.31. The van der Waals surface area contributed by atoms with Crippen LogP contribution < -0.4 is 0 Å². The molecule has 0 fully saturated rings. The lowest BCUT2D eigenvalue weighted by Gasteiger charge is -2.09. The van der Waals surface area contributed by atoms with E-state index in [-0.39, 0.29) is 5.82 Å². The molecule has 0 spiro atoms. The van der Waals surface area contributed by atoms with Crippen molar-refractivity contribution in [2.45, 2.75) is 25.7 Å². The zero-order chi connectivity index (χ0) is 16.9. The Bertz CT molecular complexity index is 796. The third kappa shape index (κ3) is 5.42. The lowest BCUT2D eigenvalue weighted by molar-refractivity contribution is 0.238. The smallest absolute Gasteiger partial charge is 0.140 e. The van der Waals surface area contributed by atoms with Gasteiger partial charge in [-0.25, -0.2) is 4.39 Å². The molecule has 2 rings (SSSR count). The van der Waals surface area contributed by atoms with Gasteiger partial charge in [-0.05, 0) is 30.3 Å². The molecular formula is C20H19FOSi. The average molecular weight is 322 g/mol. The SMILES string of the molecule is C[Si](C)(C)C#CC(O)c1ccccc1C#Cc1ccc(F)cc1. The first-order valence-corrected chi connectivity index (χ1v) is 10.9. The number of rotatable bonds is 1. The normalized spacial score (nSPS) is 11.7. The van der Waals surface area contributed by atoms with Crippen molar-refractivity contribution in [2.24, 2.45) is 0 Å². The maximum Gasteiger partial charge on any atom is 0.140 e. The molecule has 0 aliphatic heterocycles. The third-order valence-corrected chi connectivity index (χ3v) is 3.92. The van der Waals surface area contributed by atoms with Crippen LogP contribution in [0.25, 0.3) is 0 Å². The Morgan fingerprint density at radius 2 is 1.61 bits per heavy atom. The van der Waals surface area contributed by atoms with Crippen molar-refractivity contribution in [3.05, 3.63) is 71.0 Å². The van der Waals surface area contributed by atoms with Gasteiger partial charge in [-0.15, -0.1) is 5.54 Å². The van der Waals surface area contributed by atoms with Gasteiger partial charge in [-0.3, -0.25) is 0 Å². The van der Waals surface area contributed by atoms with Crippen LogP contribution in [0.3, 0.4) is 0 Å². The van der Waals surface area contributed by atoms with Gasteiger partial charge < -0.3 is 5.11 Å². The maximum atomic E-state index is 12.9. The molecule has 0 heterocycles. The van der Waals surface area contributed by atoms with E-state index >= 15 is 0 Å². The summed E-state index contributed by atoms with van der Waals surface area (Å²) in [6.45, 7) is 6.40. The van der Waals surface area contributed by atoms with Gasteiger partial charge in [0.25, 0.3) is 0 Å². The standard InChI is InChI=1S/C20H19FOSi/c1-23(2,3)15-14-20(22)19-7-5-4-6-17(19)11-8-16-9-12-18(21)13-10-16/h4-7,9-10,12-13,20,22H,1-3H3. The lowest BCUT2D eigenvalue weighted by Crippen LogP contribution is -2.17. The minimum Gasteiger partial charge on any atom is -0.376 e. The highest BCUT2D eigenvalue weighted by Gasteiger charge is 2.11. The van der Waals surface area contributed by atoms with Crippen molar-refractivity contribution in [1.29, 1.82) is 0 Å². The van der Waals surface area contributed by atoms with E-state index in [1.54, 1.807) is 12.1 Å². The minimum absolute atomic E-state index is 0.284. The number of benzene rings is 2. The van der Waals surface area contributed by atoms with E-state index in [2.05, 4.69) is 42.9 Å². The summed E-state index contributed by atoms with van der Waals surface area (Å²) in [7, 11) is -1.54. The van der Waals surface area contributed by atoms with Crippen LogP contribution in [0.5, 0.6) is 0 Å². The van der Waals surface area contributed by atoms with Gasteiger partial charge in [0, 0.05) is 16.7 Å². The predicted octanol–water partition coefficient (Wildman–Crippen LogP) is 4.14. The van der Waals surface area contributed by atoms with Crippen LogP contribution in [0.1, 0.15) is 22.8 Å². The van der Waals surface area contributed by atoms with E-state index in [0.29, 0.717) is 5.56 Å². The van der Waals surface area contributed by atoms with Crippen LogP contribution in [-0.4, -0.2) is 13.2 Å². The summed E-state index contributed by atoms with van der Waals surface area (Å²) in [6.07, 6.45) is -0.847. The van der Waals surface area contributed by atoms with Gasteiger partial charge in [-0.1, -0.05) is 55.6 Å². The van der Waals surface area contributed by atoms with Crippen LogP contribution in [0.4, 0.5) is 4.39 Å². The summed E-state index contributed by atoms with van der Waals surface area (Å²) in [6, 6.07) is 13.4. The topological polar surface area (TPSA) is 20.2 Å². The summed E-state index contributed by atoms with van der Waals surface area (Å²) in [5, 5.41) is 10.3. The van der Waals surface area contributed by atoms with Gasteiger partial charge in [0.15, 0.2) is 0 Å². The molecule has 0 aromatic heterocycles. The highest BCUT2D eigenvalue weighted by atomic mass is 28.3. The van der Waals surface area contributed by atoms with Crippen molar-refractivity contribution in [1.82, 2.24) is 0 Å². The predicted molar refractivity (Wildman–Crippen MR) is 94.9 cm³/mol. The van der Waals surface area contributed by atoms with Gasteiger partial charge in [0.2, 0.25) is 0 Å². The molecule has 0 radical (unpaired) electrons. The summed E-state index contributed by atoms with van der Waals surface area (Å²) in [5.74, 6) is 8.68. The van der Waals surface area contributed by atoms with Crippen LogP contribution >= 0.6 is 0 Å². The van der Waals surface area contributed by atoms with Crippen molar-refractivity contribution < 1.29 is 9.50 Å². The third-order valence-electron chi connectivity index (χ3n) is 3.02. The minimum atomic E-state index is -1.54. The number of aliphatic hydroxyl groups excluding tert-OH is 1. The Morgan fingerprint density at radius 1 is 0.957 bits per heavy atom. The van der Waals surface area contributed by atoms with E-state index in [9.17, 15) is 9.50 Å². The Morgan fingerprint density at radius 3 is 2.26 bits per heavy atom. The number of aliphatic hydroxyl groups is 1. The molecule has 1 unspecified atom stereocenters. The molecule has 0 aliphatic carbocycles. The van der Waals surface area contributed by atoms with Gasteiger partial charge >= 0.3 is 0 Å². The maximum absolute atomic E-state index is 12.9. The molecule has 1 N–H and O–H groups in total. The van der Waals surface area contributed by atoms with Crippen LogP contribution in [0.2, 0.25) is 19.6 Å². The Kier molecular flexibility index (Phi) is 5.39. The number of hydrogen-bond acceptors (Lipinski definition) is 1. The molecule has 0 saturated heterocycles. The molecule has 0 saturated carbocycles. The second-order valence-corrected chi connectivity index (χ2v) is 11.0. The number of hydrogen-bond donors (Lipinski definition) is 1. The summed E-state index contributed by atoms with van der Waals surface area (Å²) in [4.78, 5) is 0. The zero-order valence-corrected chi connectivity index (χ0v) is 14.5. The molecule has 116 valence electrons.